The van der Waals surface area contributed by atoms with Gasteiger partial charge in [0.1, 0.15) is 0 Å². The SMILES string of the molecule is CCC(O)(CC(=O)O)C(=O)O. The Hall–Kier alpha value is -1.10. The van der Waals surface area contributed by atoms with E-state index in [9.17, 15) is 9.59 Å². The molecule has 0 saturated heterocycles. The lowest BCUT2D eigenvalue weighted by molar-refractivity contribution is -0.165. The second-order valence-corrected chi connectivity index (χ2v) is 2.26. The fourth-order valence-electron chi connectivity index (χ4n) is 0.602. The highest BCUT2D eigenvalue weighted by atomic mass is 16.4. The highest BCUT2D eigenvalue weighted by Crippen LogP contribution is 2.14. The molecule has 3 N–H and O–H groups in total. The van der Waals surface area contributed by atoms with Crippen LogP contribution in [0.25, 0.3) is 0 Å². The highest BCUT2D eigenvalue weighted by Gasteiger charge is 2.36. The maximum Gasteiger partial charge on any atom is 0.336 e. The standard InChI is InChI=1S/C6H10O5/c1-2-6(11,5(9)10)3-4(7)8/h11H,2-3H2,1H3,(H,7,8)(H,9,10). The molecule has 0 radical (unpaired) electrons. The number of carboxylic acids is 2. The summed E-state index contributed by atoms with van der Waals surface area (Å²) < 4.78 is 0. The van der Waals surface area contributed by atoms with Gasteiger partial charge in [0.25, 0.3) is 0 Å². The first kappa shape index (κ1) is 9.90. The molecule has 0 aromatic rings. The molecule has 1 atom stereocenters. The average molecular weight is 162 g/mol. The van der Waals surface area contributed by atoms with Crippen LogP contribution in [0.2, 0.25) is 0 Å². The third kappa shape index (κ3) is 2.55. The van der Waals surface area contributed by atoms with Gasteiger partial charge in [0.05, 0.1) is 6.42 Å². The quantitative estimate of drug-likeness (QED) is 0.527. The Kier molecular flexibility index (Phi) is 3.00. The van der Waals surface area contributed by atoms with Gasteiger partial charge in [-0.05, 0) is 6.42 Å². The molecule has 0 aliphatic carbocycles. The van der Waals surface area contributed by atoms with E-state index in [2.05, 4.69) is 0 Å². The lowest BCUT2D eigenvalue weighted by atomic mass is 9.97. The minimum atomic E-state index is -2.12. The predicted octanol–water partition coefficient (Wildman–Crippen LogP) is -0.313. The van der Waals surface area contributed by atoms with Crippen LogP contribution in [0.4, 0.5) is 0 Å². The Morgan fingerprint density at radius 3 is 1.91 bits per heavy atom. The van der Waals surface area contributed by atoms with Crippen molar-refractivity contribution >= 4 is 11.9 Å². The van der Waals surface area contributed by atoms with Gasteiger partial charge in [-0.3, -0.25) is 4.79 Å². The molecule has 0 heterocycles. The van der Waals surface area contributed by atoms with E-state index in [-0.39, 0.29) is 6.42 Å². The maximum absolute atomic E-state index is 10.3. The van der Waals surface area contributed by atoms with Crippen LogP contribution in [0, 0.1) is 0 Å². The van der Waals surface area contributed by atoms with Gasteiger partial charge in [-0.2, -0.15) is 0 Å². The van der Waals surface area contributed by atoms with Gasteiger partial charge in [-0.1, -0.05) is 6.92 Å². The number of hydrogen-bond acceptors (Lipinski definition) is 3. The van der Waals surface area contributed by atoms with Crippen molar-refractivity contribution in [1.29, 1.82) is 0 Å². The third-order valence-electron chi connectivity index (χ3n) is 1.43. The molecule has 0 aliphatic rings. The van der Waals surface area contributed by atoms with Crippen molar-refractivity contribution in [2.45, 2.75) is 25.4 Å². The lowest BCUT2D eigenvalue weighted by Gasteiger charge is -2.18. The lowest BCUT2D eigenvalue weighted by Crippen LogP contribution is -2.39. The molecular formula is C6H10O5. The Labute approximate surface area is 63.3 Å². The van der Waals surface area contributed by atoms with Crippen molar-refractivity contribution in [1.82, 2.24) is 0 Å². The van der Waals surface area contributed by atoms with Crippen molar-refractivity contribution in [3.8, 4) is 0 Å². The number of aliphatic carboxylic acids is 2. The van der Waals surface area contributed by atoms with Crippen LogP contribution >= 0.6 is 0 Å². The summed E-state index contributed by atoms with van der Waals surface area (Å²) in [6.07, 6.45) is -0.881. The fourth-order valence-corrected chi connectivity index (χ4v) is 0.602. The van der Waals surface area contributed by atoms with Crippen LogP contribution in [0.1, 0.15) is 19.8 Å². The second-order valence-electron chi connectivity index (χ2n) is 2.26. The second kappa shape index (κ2) is 3.34. The minimum absolute atomic E-state index is 0.116. The van der Waals surface area contributed by atoms with Crippen molar-refractivity contribution in [3.63, 3.8) is 0 Å². The summed E-state index contributed by atoms with van der Waals surface area (Å²) in [5, 5.41) is 25.7. The number of rotatable bonds is 4. The fraction of sp³-hybridized carbons (Fsp3) is 0.667. The molecule has 1 unspecified atom stereocenters. The summed E-state index contributed by atoms with van der Waals surface area (Å²) in [7, 11) is 0. The van der Waals surface area contributed by atoms with Gasteiger partial charge in [-0.15, -0.1) is 0 Å². The van der Waals surface area contributed by atoms with Crippen LogP contribution in [-0.4, -0.2) is 32.9 Å². The Morgan fingerprint density at radius 2 is 1.82 bits per heavy atom. The summed E-state index contributed by atoms with van der Waals surface area (Å²) >= 11 is 0. The summed E-state index contributed by atoms with van der Waals surface area (Å²) in [6.45, 7) is 1.41. The molecule has 5 nitrogen and oxygen atoms in total. The van der Waals surface area contributed by atoms with Crippen LogP contribution in [0.5, 0.6) is 0 Å². The van der Waals surface area contributed by atoms with E-state index in [0.717, 1.165) is 0 Å². The van der Waals surface area contributed by atoms with E-state index >= 15 is 0 Å². The molecule has 0 amide bonds. The van der Waals surface area contributed by atoms with Gasteiger partial charge in [0.15, 0.2) is 5.60 Å². The van der Waals surface area contributed by atoms with Crippen LogP contribution in [0.15, 0.2) is 0 Å². The molecule has 5 heteroatoms. The van der Waals surface area contributed by atoms with E-state index in [1.54, 1.807) is 0 Å². The van der Waals surface area contributed by atoms with Crippen LogP contribution in [0.3, 0.4) is 0 Å². The number of carboxylic acid groups (broad SMARTS) is 2. The minimum Gasteiger partial charge on any atom is -0.481 e. The first-order valence-electron chi connectivity index (χ1n) is 3.10. The highest BCUT2D eigenvalue weighted by molar-refractivity contribution is 5.83. The Bertz CT molecular complexity index is 176. The molecule has 64 valence electrons. The molecule has 0 bridgehead atoms. The summed E-state index contributed by atoms with van der Waals surface area (Å²) in [5.41, 5.74) is -2.12. The molecule has 11 heavy (non-hydrogen) atoms. The number of aliphatic hydroxyl groups is 1. The molecule has 0 aromatic carbocycles. The van der Waals surface area contributed by atoms with Gasteiger partial charge >= 0.3 is 11.9 Å². The first-order valence-corrected chi connectivity index (χ1v) is 3.10. The van der Waals surface area contributed by atoms with E-state index in [1.165, 1.54) is 6.92 Å². The molecular weight excluding hydrogens is 152 g/mol. The van der Waals surface area contributed by atoms with Crippen molar-refractivity contribution in [2.24, 2.45) is 0 Å². The third-order valence-corrected chi connectivity index (χ3v) is 1.43. The van der Waals surface area contributed by atoms with Crippen molar-refractivity contribution in [2.75, 3.05) is 0 Å². The average Bonchev–Trinajstić information content (AvgIpc) is 1.86. The van der Waals surface area contributed by atoms with Crippen molar-refractivity contribution < 1.29 is 24.9 Å². The normalized spacial score (nSPS) is 15.5. The van der Waals surface area contributed by atoms with E-state index in [1.807, 2.05) is 0 Å². The molecule has 0 saturated carbocycles. The van der Waals surface area contributed by atoms with Gasteiger partial charge < -0.3 is 15.3 Å². The molecule has 0 aromatic heterocycles. The van der Waals surface area contributed by atoms with E-state index in [0.29, 0.717) is 0 Å². The first-order chi connectivity index (χ1) is 4.92. The maximum atomic E-state index is 10.3. The Morgan fingerprint density at radius 1 is 1.36 bits per heavy atom. The zero-order valence-corrected chi connectivity index (χ0v) is 6.07. The molecule has 0 rings (SSSR count). The van der Waals surface area contributed by atoms with Gasteiger partial charge in [-0.25, -0.2) is 4.79 Å². The van der Waals surface area contributed by atoms with Gasteiger partial charge in [0.2, 0.25) is 0 Å². The topological polar surface area (TPSA) is 94.8 Å². The molecule has 0 aliphatic heterocycles. The smallest absolute Gasteiger partial charge is 0.336 e. The predicted molar refractivity (Wildman–Crippen MR) is 35.1 cm³/mol. The van der Waals surface area contributed by atoms with Crippen LogP contribution < -0.4 is 0 Å². The van der Waals surface area contributed by atoms with E-state index in [4.69, 9.17) is 15.3 Å². The van der Waals surface area contributed by atoms with Crippen molar-refractivity contribution in [3.05, 3.63) is 0 Å². The van der Waals surface area contributed by atoms with Gasteiger partial charge in [0, 0.05) is 0 Å². The summed E-state index contributed by atoms with van der Waals surface area (Å²) in [5.74, 6) is -2.82. The summed E-state index contributed by atoms with van der Waals surface area (Å²) in [6, 6.07) is 0. The zero-order valence-electron chi connectivity index (χ0n) is 6.07. The molecule has 0 spiro atoms. The monoisotopic (exact) mass is 162 g/mol. The number of hydrogen-bond donors (Lipinski definition) is 3. The zero-order chi connectivity index (χ0) is 9.07. The largest absolute Gasteiger partial charge is 0.481 e. The molecule has 0 fully saturated rings. The van der Waals surface area contributed by atoms with E-state index < -0.39 is 24.0 Å². The summed E-state index contributed by atoms with van der Waals surface area (Å²) in [4.78, 5) is 20.3. The number of carbonyl (C=O) groups is 2. The Balaban J connectivity index is 4.34. The van der Waals surface area contributed by atoms with Crippen LogP contribution in [-0.2, 0) is 9.59 Å².